The van der Waals surface area contributed by atoms with Crippen LogP contribution < -0.4 is 11.1 Å². The Morgan fingerprint density at radius 2 is 1.95 bits per heavy atom. The van der Waals surface area contributed by atoms with Crippen LogP contribution in [0.25, 0.3) is 0 Å². The van der Waals surface area contributed by atoms with E-state index >= 15 is 0 Å². The van der Waals surface area contributed by atoms with Crippen molar-refractivity contribution in [3.8, 4) is 5.75 Å². The van der Waals surface area contributed by atoms with Crippen LogP contribution in [-0.2, 0) is 0 Å². The first kappa shape index (κ1) is 15.8. The Hall–Kier alpha value is -1.63. The lowest BCUT2D eigenvalue weighted by Crippen LogP contribution is -2.17. The number of aromatic hydroxyl groups is 1. The van der Waals surface area contributed by atoms with E-state index < -0.39 is 5.91 Å². The summed E-state index contributed by atoms with van der Waals surface area (Å²) in [6.45, 7) is 0. The first-order valence-corrected chi connectivity index (χ1v) is 7.35. The highest BCUT2D eigenvalue weighted by atomic mass is 79.9. The summed E-state index contributed by atoms with van der Waals surface area (Å²) in [7, 11) is 0. The minimum absolute atomic E-state index is 0.123. The molecule has 0 aromatic heterocycles. The molecule has 0 atom stereocenters. The second kappa shape index (κ2) is 6.43. The maximum absolute atomic E-state index is 12.3. The van der Waals surface area contributed by atoms with Crippen LogP contribution >= 0.6 is 39.7 Å². The van der Waals surface area contributed by atoms with E-state index in [9.17, 15) is 9.90 Å². The zero-order chi connectivity index (χ0) is 15.6. The number of halogens is 2. The first-order valence-electron chi connectivity index (χ1n) is 5.77. The number of phenols is 1. The smallest absolute Gasteiger partial charge is 0.259 e. The van der Waals surface area contributed by atoms with Crippen molar-refractivity contribution in [3.63, 3.8) is 0 Å². The van der Waals surface area contributed by atoms with Crippen LogP contribution in [0.3, 0.4) is 0 Å². The van der Waals surface area contributed by atoms with Crippen LogP contribution in [0.5, 0.6) is 5.75 Å². The molecule has 0 radical (unpaired) electrons. The van der Waals surface area contributed by atoms with Gasteiger partial charge >= 0.3 is 0 Å². The Labute approximate surface area is 140 Å². The van der Waals surface area contributed by atoms with E-state index in [1.54, 1.807) is 24.3 Å². The van der Waals surface area contributed by atoms with Gasteiger partial charge in [-0.1, -0.05) is 39.7 Å². The maximum atomic E-state index is 12.3. The summed E-state index contributed by atoms with van der Waals surface area (Å²) < 4.78 is 0.672. The van der Waals surface area contributed by atoms with Crippen molar-refractivity contribution < 1.29 is 9.90 Å². The average molecular weight is 386 g/mol. The lowest BCUT2D eigenvalue weighted by molar-refractivity contribution is 0.102. The number of nitrogens with two attached hydrogens (primary N) is 1. The quantitative estimate of drug-likeness (QED) is 0.704. The molecule has 0 aliphatic rings. The number of nitrogens with one attached hydrogen (secondary N) is 1. The molecular weight excluding hydrogens is 376 g/mol. The number of benzene rings is 2. The highest BCUT2D eigenvalue weighted by Gasteiger charge is 2.15. The number of rotatable bonds is 3. The molecule has 0 heterocycles. The molecule has 0 aliphatic heterocycles. The third-order valence-corrected chi connectivity index (χ3v) is 3.65. The van der Waals surface area contributed by atoms with Crippen LogP contribution in [0.1, 0.15) is 15.9 Å². The summed E-state index contributed by atoms with van der Waals surface area (Å²) in [6.07, 6.45) is 0. The number of hydrogen-bond donors (Lipinski definition) is 3. The summed E-state index contributed by atoms with van der Waals surface area (Å²) in [4.78, 5) is 12.4. The van der Waals surface area contributed by atoms with Crippen LogP contribution in [0.15, 0.2) is 40.9 Å². The van der Waals surface area contributed by atoms with Crippen LogP contribution in [0, 0.1) is 0 Å². The molecule has 0 unspecified atom stereocenters. The van der Waals surface area contributed by atoms with E-state index in [2.05, 4.69) is 21.2 Å². The van der Waals surface area contributed by atoms with Gasteiger partial charge in [0.2, 0.25) is 0 Å². The summed E-state index contributed by atoms with van der Waals surface area (Å²) >= 11 is 14.1. The third kappa shape index (κ3) is 3.72. The van der Waals surface area contributed by atoms with Gasteiger partial charge in [-0.3, -0.25) is 4.79 Å². The van der Waals surface area contributed by atoms with Gasteiger partial charge in [-0.25, -0.2) is 0 Å². The number of amides is 1. The zero-order valence-electron chi connectivity index (χ0n) is 10.6. The SMILES string of the molecule is NC(=S)c1ccc(Cl)cc1NC(=O)c1cc(Br)ccc1O. The average Bonchev–Trinajstić information content (AvgIpc) is 2.41. The molecule has 0 aliphatic carbocycles. The van der Waals surface area contributed by atoms with Gasteiger partial charge in [0.25, 0.3) is 5.91 Å². The molecule has 0 fully saturated rings. The monoisotopic (exact) mass is 384 g/mol. The van der Waals surface area contributed by atoms with Crippen molar-refractivity contribution in [2.45, 2.75) is 0 Å². The Morgan fingerprint density at radius 1 is 1.24 bits per heavy atom. The molecule has 2 aromatic rings. The molecule has 0 bridgehead atoms. The number of carbonyl (C=O) groups excluding carboxylic acids is 1. The molecule has 21 heavy (non-hydrogen) atoms. The van der Waals surface area contributed by atoms with E-state index in [-0.39, 0.29) is 16.3 Å². The predicted octanol–water partition coefficient (Wildman–Crippen LogP) is 3.69. The molecule has 0 spiro atoms. The predicted molar refractivity (Wildman–Crippen MR) is 91.1 cm³/mol. The standard InChI is InChI=1S/C14H10BrClN2O2S/c15-7-1-4-12(19)10(5-7)14(20)18-11-6-8(16)2-3-9(11)13(17)21/h1-6,19H,(H2,17,21)(H,18,20). The number of hydrogen-bond acceptors (Lipinski definition) is 3. The van der Waals surface area contributed by atoms with Gasteiger partial charge in [0.15, 0.2) is 0 Å². The molecule has 7 heteroatoms. The van der Waals surface area contributed by atoms with Gasteiger partial charge < -0.3 is 16.2 Å². The first-order chi connectivity index (χ1) is 9.88. The Morgan fingerprint density at radius 3 is 2.62 bits per heavy atom. The lowest BCUT2D eigenvalue weighted by atomic mass is 10.1. The summed E-state index contributed by atoms with van der Waals surface area (Å²) in [5.74, 6) is -0.622. The van der Waals surface area contributed by atoms with E-state index in [4.69, 9.17) is 29.6 Å². The normalized spacial score (nSPS) is 10.2. The fraction of sp³-hybridized carbons (Fsp3) is 0. The van der Waals surface area contributed by atoms with Crippen molar-refractivity contribution in [2.24, 2.45) is 5.73 Å². The van der Waals surface area contributed by atoms with Crippen molar-refractivity contribution in [1.82, 2.24) is 0 Å². The minimum Gasteiger partial charge on any atom is -0.507 e. The highest BCUT2D eigenvalue weighted by Crippen LogP contribution is 2.25. The molecule has 4 nitrogen and oxygen atoms in total. The summed E-state index contributed by atoms with van der Waals surface area (Å²) in [5, 5.41) is 12.8. The number of carbonyl (C=O) groups is 1. The minimum atomic E-state index is -0.492. The number of anilines is 1. The zero-order valence-corrected chi connectivity index (χ0v) is 13.7. The van der Waals surface area contributed by atoms with Crippen LogP contribution in [-0.4, -0.2) is 16.0 Å². The Bertz CT molecular complexity index is 737. The van der Waals surface area contributed by atoms with E-state index in [0.717, 1.165) is 0 Å². The van der Waals surface area contributed by atoms with Gasteiger partial charge in [-0.05, 0) is 36.4 Å². The second-order valence-electron chi connectivity index (χ2n) is 4.17. The van der Waals surface area contributed by atoms with Crippen molar-refractivity contribution in [2.75, 3.05) is 5.32 Å². The lowest BCUT2D eigenvalue weighted by Gasteiger charge is -2.11. The topological polar surface area (TPSA) is 75.3 Å². The molecule has 0 saturated carbocycles. The fourth-order valence-electron chi connectivity index (χ4n) is 1.71. The van der Waals surface area contributed by atoms with Crippen LogP contribution in [0.4, 0.5) is 5.69 Å². The molecule has 0 saturated heterocycles. The summed E-state index contributed by atoms with van der Waals surface area (Å²) in [6, 6.07) is 9.36. The van der Waals surface area contributed by atoms with E-state index in [0.29, 0.717) is 20.7 Å². The fourth-order valence-corrected chi connectivity index (χ4v) is 2.43. The number of thiocarbonyl (C=S) groups is 1. The van der Waals surface area contributed by atoms with E-state index in [1.807, 2.05) is 0 Å². The van der Waals surface area contributed by atoms with Gasteiger partial charge in [-0.2, -0.15) is 0 Å². The number of phenolic OH excluding ortho intramolecular Hbond substituents is 1. The van der Waals surface area contributed by atoms with Crippen molar-refractivity contribution >= 4 is 56.3 Å². The van der Waals surface area contributed by atoms with Gasteiger partial charge in [0, 0.05) is 15.1 Å². The van der Waals surface area contributed by atoms with Gasteiger partial charge in [-0.15, -0.1) is 0 Å². The van der Waals surface area contributed by atoms with E-state index in [1.165, 1.54) is 12.1 Å². The largest absolute Gasteiger partial charge is 0.507 e. The molecule has 108 valence electrons. The van der Waals surface area contributed by atoms with Crippen molar-refractivity contribution in [3.05, 3.63) is 57.0 Å². The molecule has 4 N–H and O–H groups in total. The van der Waals surface area contributed by atoms with Gasteiger partial charge in [0.1, 0.15) is 10.7 Å². The molecule has 1 amide bonds. The Kier molecular flexibility index (Phi) is 4.82. The van der Waals surface area contributed by atoms with Crippen LogP contribution in [0.2, 0.25) is 5.02 Å². The van der Waals surface area contributed by atoms with Crippen molar-refractivity contribution in [1.29, 1.82) is 0 Å². The maximum Gasteiger partial charge on any atom is 0.259 e. The second-order valence-corrected chi connectivity index (χ2v) is 5.96. The summed E-state index contributed by atoms with van der Waals surface area (Å²) in [5.41, 5.74) is 6.62. The van der Waals surface area contributed by atoms with Gasteiger partial charge in [0.05, 0.1) is 11.3 Å². The third-order valence-electron chi connectivity index (χ3n) is 2.70. The Balaban J connectivity index is 2.38. The highest BCUT2D eigenvalue weighted by molar-refractivity contribution is 9.10. The molecule has 2 aromatic carbocycles. The molecular formula is C14H10BrClN2O2S. The molecule has 2 rings (SSSR count).